The molecule has 1 aromatic heterocycles. The van der Waals surface area contributed by atoms with E-state index in [1.54, 1.807) is 12.6 Å². The summed E-state index contributed by atoms with van der Waals surface area (Å²) in [6, 6.07) is 0.671. The summed E-state index contributed by atoms with van der Waals surface area (Å²) in [5, 5.41) is 5.20. The first kappa shape index (κ1) is 14.9. The summed E-state index contributed by atoms with van der Waals surface area (Å²) in [7, 11) is -1.80. The Balaban J connectivity index is 1.67. The quantitative estimate of drug-likeness (QED) is 0.654. The van der Waals surface area contributed by atoms with Crippen LogP contribution in [0.3, 0.4) is 0 Å². The molecule has 0 amide bonds. The fourth-order valence-corrected chi connectivity index (χ4v) is 3.09. The number of aromatic nitrogens is 1. The van der Waals surface area contributed by atoms with Crippen LogP contribution >= 0.6 is 11.3 Å². The molecule has 1 aromatic rings. The van der Waals surface area contributed by atoms with Gasteiger partial charge in [-0.2, -0.15) is 17.4 Å². The number of thiazole rings is 1. The summed E-state index contributed by atoms with van der Waals surface area (Å²) in [5.74, 6) is 0. The Morgan fingerprint density at radius 3 is 2.95 bits per heavy atom. The molecule has 0 saturated heterocycles. The van der Waals surface area contributed by atoms with Gasteiger partial charge in [-0.05, 0) is 25.8 Å². The second kappa shape index (κ2) is 6.76. The zero-order chi connectivity index (χ0) is 13.7. The van der Waals surface area contributed by atoms with Gasteiger partial charge in [-0.25, -0.2) is 4.98 Å². The Morgan fingerprint density at radius 1 is 1.53 bits per heavy atom. The van der Waals surface area contributed by atoms with Crippen molar-refractivity contribution in [2.45, 2.75) is 31.8 Å². The van der Waals surface area contributed by atoms with Crippen LogP contribution in [0.25, 0.3) is 0 Å². The average Bonchev–Trinajstić information content (AvgIpc) is 3.05. The number of nitrogens with one attached hydrogen (secondary N) is 2. The van der Waals surface area contributed by atoms with Crippen molar-refractivity contribution in [2.75, 3.05) is 20.1 Å². The largest absolute Gasteiger partial charge is 0.314 e. The molecule has 0 bridgehead atoms. The van der Waals surface area contributed by atoms with Crippen LogP contribution in [0.2, 0.25) is 0 Å². The molecular weight excluding hydrogens is 284 g/mol. The topological polar surface area (TPSA) is 74.3 Å². The Bertz CT molecular complexity index is 471. The van der Waals surface area contributed by atoms with E-state index in [0.29, 0.717) is 12.6 Å². The number of hydrogen-bond donors (Lipinski definition) is 2. The van der Waals surface area contributed by atoms with Gasteiger partial charge in [0.25, 0.3) is 10.2 Å². The van der Waals surface area contributed by atoms with Crippen LogP contribution in [0.4, 0.5) is 0 Å². The molecule has 0 aliphatic heterocycles. The van der Waals surface area contributed by atoms with Gasteiger partial charge < -0.3 is 5.32 Å². The van der Waals surface area contributed by atoms with Crippen LogP contribution < -0.4 is 10.0 Å². The molecule has 8 heteroatoms. The van der Waals surface area contributed by atoms with Crippen molar-refractivity contribution in [3.63, 3.8) is 0 Å². The van der Waals surface area contributed by atoms with Gasteiger partial charge in [0.05, 0.1) is 17.7 Å². The van der Waals surface area contributed by atoms with Gasteiger partial charge in [0.15, 0.2) is 0 Å². The molecule has 1 heterocycles. The van der Waals surface area contributed by atoms with Gasteiger partial charge in [-0.1, -0.05) is 0 Å². The maximum atomic E-state index is 11.9. The summed E-state index contributed by atoms with van der Waals surface area (Å²) in [4.78, 5) is 4.04. The lowest BCUT2D eigenvalue weighted by Gasteiger charge is -2.17. The van der Waals surface area contributed by atoms with Crippen molar-refractivity contribution in [1.29, 1.82) is 0 Å². The van der Waals surface area contributed by atoms with Gasteiger partial charge in [0.1, 0.15) is 0 Å². The SMILES string of the molecule is CN(CCCNC1CC1)S(=O)(=O)NCc1cscn1. The van der Waals surface area contributed by atoms with E-state index in [1.807, 2.05) is 5.38 Å². The molecule has 2 N–H and O–H groups in total. The minimum atomic E-state index is -3.40. The van der Waals surface area contributed by atoms with Crippen molar-refractivity contribution in [1.82, 2.24) is 19.3 Å². The number of rotatable bonds is 9. The maximum absolute atomic E-state index is 11.9. The molecular formula is C11H20N4O2S2. The maximum Gasteiger partial charge on any atom is 0.279 e. The molecule has 0 unspecified atom stereocenters. The highest BCUT2D eigenvalue weighted by Crippen LogP contribution is 2.18. The Labute approximate surface area is 118 Å². The third kappa shape index (κ3) is 5.15. The van der Waals surface area contributed by atoms with E-state index in [1.165, 1.54) is 28.5 Å². The van der Waals surface area contributed by atoms with E-state index in [2.05, 4.69) is 15.0 Å². The van der Waals surface area contributed by atoms with Crippen LogP contribution in [0, 0.1) is 0 Å². The van der Waals surface area contributed by atoms with Crippen LogP contribution in [-0.4, -0.2) is 43.9 Å². The Hall–Kier alpha value is -0.540. The van der Waals surface area contributed by atoms with E-state index in [4.69, 9.17) is 0 Å². The lowest BCUT2D eigenvalue weighted by atomic mass is 10.4. The van der Waals surface area contributed by atoms with Crippen molar-refractivity contribution in [3.8, 4) is 0 Å². The van der Waals surface area contributed by atoms with Crippen LogP contribution in [0.5, 0.6) is 0 Å². The highest BCUT2D eigenvalue weighted by atomic mass is 32.2. The predicted octanol–water partition coefficient (Wildman–Crippen LogP) is 0.551. The van der Waals surface area contributed by atoms with Crippen molar-refractivity contribution in [3.05, 3.63) is 16.6 Å². The minimum absolute atomic E-state index is 0.247. The predicted molar refractivity (Wildman–Crippen MR) is 76.1 cm³/mol. The van der Waals surface area contributed by atoms with E-state index in [0.717, 1.165) is 18.7 Å². The molecule has 1 aliphatic rings. The van der Waals surface area contributed by atoms with E-state index in [-0.39, 0.29) is 6.54 Å². The van der Waals surface area contributed by atoms with Crippen molar-refractivity contribution in [2.24, 2.45) is 0 Å². The summed E-state index contributed by atoms with van der Waals surface area (Å²) < 4.78 is 27.8. The van der Waals surface area contributed by atoms with E-state index in [9.17, 15) is 8.42 Å². The van der Waals surface area contributed by atoms with Gasteiger partial charge in [0.2, 0.25) is 0 Å². The molecule has 0 spiro atoms. The second-order valence-electron chi connectivity index (χ2n) is 4.71. The highest BCUT2D eigenvalue weighted by molar-refractivity contribution is 7.87. The molecule has 6 nitrogen and oxygen atoms in total. The average molecular weight is 304 g/mol. The third-order valence-electron chi connectivity index (χ3n) is 2.99. The lowest BCUT2D eigenvalue weighted by Crippen LogP contribution is -2.39. The number of nitrogens with zero attached hydrogens (tertiary/aromatic N) is 2. The van der Waals surface area contributed by atoms with Gasteiger partial charge in [-0.3, -0.25) is 0 Å². The standard InChI is InChI=1S/C11H20N4O2S2/c1-15(6-2-5-12-10-3-4-10)19(16,17)14-7-11-8-18-9-13-11/h8-10,12,14H,2-7H2,1H3. The summed E-state index contributed by atoms with van der Waals surface area (Å²) in [5.41, 5.74) is 2.44. The first-order valence-electron chi connectivity index (χ1n) is 6.39. The first-order valence-corrected chi connectivity index (χ1v) is 8.77. The Kier molecular flexibility index (Phi) is 5.28. The molecule has 1 aliphatic carbocycles. The van der Waals surface area contributed by atoms with E-state index < -0.39 is 10.2 Å². The summed E-state index contributed by atoms with van der Waals surface area (Å²) in [6.07, 6.45) is 3.33. The van der Waals surface area contributed by atoms with Crippen molar-refractivity contribution < 1.29 is 8.42 Å². The van der Waals surface area contributed by atoms with Crippen LogP contribution in [-0.2, 0) is 16.8 Å². The first-order chi connectivity index (χ1) is 9.08. The summed E-state index contributed by atoms with van der Waals surface area (Å²) >= 11 is 1.46. The van der Waals surface area contributed by atoms with Gasteiger partial charge in [-0.15, -0.1) is 11.3 Å². The minimum Gasteiger partial charge on any atom is -0.314 e. The molecule has 2 rings (SSSR count). The molecule has 0 aromatic carbocycles. The number of hydrogen-bond acceptors (Lipinski definition) is 5. The zero-order valence-electron chi connectivity index (χ0n) is 11.0. The molecule has 1 saturated carbocycles. The van der Waals surface area contributed by atoms with Gasteiger partial charge >= 0.3 is 0 Å². The van der Waals surface area contributed by atoms with Crippen molar-refractivity contribution >= 4 is 21.5 Å². The fourth-order valence-electron chi connectivity index (χ4n) is 1.62. The molecule has 0 atom stereocenters. The molecule has 108 valence electrons. The normalized spacial score (nSPS) is 16.1. The fraction of sp³-hybridized carbons (Fsp3) is 0.727. The summed E-state index contributed by atoms with van der Waals surface area (Å²) in [6.45, 7) is 1.64. The Morgan fingerprint density at radius 2 is 2.32 bits per heavy atom. The van der Waals surface area contributed by atoms with Crippen LogP contribution in [0.1, 0.15) is 25.0 Å². The molecule has 0 radical (unpaired) electrons. The zero-order valence-corrected chi connectivity index (χ0v) is 12.6. The monoisotopic (exact) mass is 304 g/mol. The second-order valence-corrected chi connectivity index (χ2v) is 7.29. The highest BCUT2D eigenvalue weighted by Gasteiger charge is 2.20. The third-order valence-corrected chi connectivity index (χ3v) is 5.14. The van der Waals surface area contributed by atoms with Crippen LogP contribution in [0.15, 0.2) is 10.9 Å². The van der Waals surface area contributed by atoms with E-state index >= 15 is 0 Å². The molecule has 1 fully saturated rings. The molecule has 19 heavy (non-hydrogen) atoms. The lowest BCUT2D eigenvalue weighted by molar-refractivity contribution is 0.443. The van der Waals surface area contributed by atoms with Gasteiger partial charge in [0, 0.05) is 25.0 Å². The smallest absolute Gasteiger partial charge is 0.279 e.